The van der Waals surface area contributed by atoms with Crippen molar-refractivity contribution in [3.05, 3.63) is 130 Å². The Bertz CT molecular complexity index is 3380. The highest BCUT2D eigenvalue weighted by Crippen LogP contribution is 2.42. The summed E-state index contributed by atoms with van der Waals surface area (Å²) in [4.78, 5) is 81.7. The van der Waals surface area contributed by atoms with Crippen LogP contribution in [-0.2, 0) is 19.1 Å². The SMILES string of the molecule is COc1ccc(-c2ccc3nccc(C(=O)NCC(=O)N4CC(F)(F)C[C@H]4C#N)c3c2)c(OCCOCCOCCNC(=O)CNC(=O)c2ccc(C(=O)O)c(-c3c4ccc(=O)cc-4oc4cc(O)ccc34)c2)c1. The Morgan fingerprint density at radius 1 is 0.811 bits per heavy atom. The number of benzene rings is 5. The predicted octanol–water partition coefficient (Wildman–Crippen LogP) is 5.64. The van der Waals surface area contributed by atoms with Gasteiger partial charge >= 0.3 is 5.97 Å². The highest BCUT2D eigenvalue weighted by atomic mass is 19.3. The quantitative estimate of drug-likeness (QED) is 0.0457. The molecule has 3 aliphatic rings. The number of halogens is 2. The van der Waals surface area contributed by atoms with Crippen LogP contribution in [-0.4, -0.2) is 128 Å². The van der Waals surface area contributed by atoms with Crippen LogP contribution in [0.3, 0.4) is 0 Å². The number of fused-ring (bicyclic) bond motifs is 3. The number of pyridine rings is 1. The largest absolute Gasteiger partial charge is 0.508 e. The van der Waals surface area contributed by atoms with E-state index in [1.54, 1.807) is 48.5 Å². The van der Waals surface area contributed by atoms with Gasteiger partial charge in [-0.05, 0) is 83.9 Å². The molecule has 0 spiro atoms. The van der Waals surface area contributed by atoms with Gasteiger partial charge in [0.05, 0.1) is 75.9 Å². The van der Waals surface area contributed by atoms with Gasteiger partial charge in [0.25, 0.3) is 17.7 Å². The number of carboxylic acid groups (broad SMARTS) is 1. The number of nitriles is 1. The Balaban J connectivity index is 0.787. The van der Waals surface area contributed by atoms with Crippen LogP contribution in [0.25, 0.3) is 55.4 Å². The van der Waals surface area contributed by atoms with E-state index in [4.69, 9.17) is 23.4 Å². The number of ether oxygens (including phenoxy) is 4. The van der Waals surface area contributed by atoms with E-state index < -0.39 is 67.6 Å². The van der Waals surface area contributed by atoms with E-state index in [9.17, 15) is 53.0 Å². The number of aromatic carboxylic acids is 1. The number of likely N-dealkylation sites (tertiary alicyclic amines) is 1. The number of aromatic nitrogens is 1. The molecule has 1 atom stereocenters. The molecule has 380 valence electrons. The molecule has 2 aliphatic heterocycles. The molecule has 4 aromatic carbocycles. The molecule has 8 rings (SSSR count). The van der Waals surface area contributed by atoms with Crippen LogP contribution in [0.5, 0.6) is 17.2 Å². The fourth-order valence-electron chi connectivity index (χ4n) is 8.39. The van der Waals surface area contributed by atoms with Crippen molar-refractivity contribution < 1.29 is 66.3 Å². The van der Waals surface area contributed by atoms with Crippen molar-refractivity contribution in [1.29, 1.82) is 5.26 Å². The second kappa shape index (κ2) is 22.6. The molecule has 0 unspecified atom stereocenters. The van der Waals surface area contributed by atoms with Gasteiger partial charge < -0.3 is 54.4 Å². The van der Waals surface area contributed by atoms with Crippen LogP contribution in [0, 0.1) is 11.3 Å². The number of methoxy groups -OCH3 is 1. The fraction of sp³-hybridized carbons (Fsp3) is 0.245. The zero-order chi connectivity index (χ0) is 52.5. The van der Waals surface area contributed by atoms with Gasteiger partial charge in [-0.1, -0.05) is 6.07 Å². The van der Waals surface area contributed by atoms with Crippen LogP contribution in [0.1, 0.15) is 37.5 Å². The third-order valence-electron chi connectivity index (χ3n) is 11.9. The van der Waals surface area contributed by atoms with Crippen molar-refractivity contribution in [1.82, 2.24) is 25.8 Å². The number of amides is 4. The molecule has 74 heavy (non-hydrogen) atoms. The van der Waals surface area contributed by atoms with Crippen molar-refractivity contribution in [3.8, 4) is 56.9 Å². The Hall–Kier alpha value is -9.00. The lowest BCUT2D eigenvalue weighted by Gasteiger charge is -2.19. The molecular weight excluding hydrogens is 967 g/mol. The zero-order valence-corrected chi connectivity index (χ0v) is 39.4. The molecule has 1 saturated heterocycles. The third kappa shape index (κ3) is 11.8. The minimum Gasteiger partial charge on any atom is -0.508 e. The average Bonchev–Trinajstić information content (AvgIpc) is 3.72. The maximum absolute atomic E-state index is 13.9. The first-order chi connectivity index (χ1) is 35.6. The average molecular weight is 1010 g/mol. The number of phenolic OH excluding ortho intramolecular Hbond substituents is 1. The molecule has 5 N–H and O–H groups in total. The number of phenols is 1. The number of rotatable bonds is 20. The van der Waals surface area contributed by atoms with Crippen molar-refractivity contribution in [2.24, 2.45) is 0 Å². The monoisotopic (exact) mass is 1010 g/mol. The molecule has 19 nitrogen and oxygen atoms in total. The Morgan fingerprint density at radius 3 is 2.36 bits per heavy atom. The van der Waals surface area contributed by atoms with E-state index in [0.717, 1.165) is 4.90 Å². The lowest BCUT2D eigenvalue weighted by molar-refractivity contribution is -0.131. The lowest BCUT2D eigenvalue weighted by Crippen LogP contribution is -2.43. The Morgan fingerprint density at radius 2 is 1.58 bits per heavy atom. The maximum atomic E-state index is 13.9. The van der Waals surface area contributed by atoms with Crippen molar-refractivity contribution in [2.45, 2.75) is 18.4 Å². The van der Waals surface area contributed by atoms with Crippen LogP contribution in [0.2, 0.25) is 0 Å². The van der Waals surface area contributed by atoms with E-state index in [1.165, 1.54) is 67.9 Å². The molecule has 0 radical (unpaired) electrons. The second-order valence-corrected chi connectivity index (χ2v) is 16.8. The minimum atomic E-state index is -3.19. The number of hydrogen-bond acceptors (Lipinski definition) is 14. The highest BCUT2D eigenvalue weighted by molar-refractivity contribution is 6.10. The van der Waals surface area contributed by atoms with E-state index >= 15 is 0 Å². The first kappa shape index (κ1) is 51.4. The first-order valence-electron chi connectivity index (χ1n) is 23.0. The number of carbonyl (C=O) groups excluding carboxylic acids is 4. The molecule has 4 amide bonds. The molecule has 0 bridgehead atoms. The Kier molecular flexibility index (Phi) is 15.7. The van der Waals surface area contributed by atoms with Gasteiger partial charge in [-0.25, -0.2) is 13.6 Å². The van der Waals surface area contributed by atoms with Crippen LogP contribution in [0.15, 0.2) is 112 Å². The summed E-state index contributed by atoms with van der Waals surface area (Å²) < 4.78 is 56.5. The molecule has 1 aliphatic carbocycles. The normalized spacial score (nSPS) is 13.9. The number of alkyl halides is 2. The van der Waals surface area contributed by atoms with E-state index in [2.05, 4.69) is 20.9 Å². The van der Waals surface area contributed by atoms with Crippen molar-refractivity contribution in [2.75, 3.05) is 66.3 Å². The van der Waals surface area contributed by atoms with Gasteiger partial charge in [-0.3, -0.25) is 29.0 Å². The van der Waals surface area contributed by atoms with Gasteiger partial charge in [0.1, 0.15) is 41.2 Å². The molecule has 21 heteroatoms. The first-order valence-corrected chi connectivity index (χ1v) is 23.0. The van der Waals surface area contributed by atoms with Gasteiger partial charge in [0.2, 0.25) is 11.8 Å². The van der Waals surface area contributed by atoms with Gasteiger partial charge in [-0.2, -0.15) is 5.26 Å². The zero-order valence-electron chi connectivity index (χ0n) is 39.4. The van der Waals surface area contributed by atoms with Crippen molar-refractivity contribution >= 4 is 51.5 Å². The molecule has 3 heterocycles. The van der Waals surface area contributed by atoms with Crippen LogP contribution < -0.4 is 30.9 Å². The number of hydrogen-bond donors (Lipinski definition) is 5. The number of aromatic hydroxyl groups is 1. The van der Waals surface area contributed by atoms with Gasteiger partial charge in [0.15, 0.2) is 5.43 Å². The smallest absolute Gasteiger partial charge is 0.336 e. The summed E-state index contributed by atoms with van der Waals surface area (Å²) in [6.45, 7) is -0.935. The summed E-state index contributed by atoms with van der Waals surface area (Å²) in [6, 6.07) is 24.7. The summed E-state index contributed by atoms with van der Waals surface area (Å²) in [6.07, 6.45) is 0.667. The van der Waals surface area contributed by atoms with Crippen LogP contribution in [0.4, 0.5) is 8.78 Å². The predicted molar refractivity (Wildman–Crippen MR) is 262 cm³/mol. The lowest BCUT2D eigenvalue weighted by atomic mass is 9.89. The number of nitrogens with zero attached hydrogens (tertiary/aromatic N) is 3. The fourth-order valence-corrected chi connectivity index (χ4v) is 8.39. The molecule has 0 saturated carbocycles. The standard InChI is InChI=1S/C53H46F2N6O13/c1-70-35-6-10-36(30-3-11-43-41(20-30)37(12-13-57-43)51(67)60-28-48(65)61-29-53(54,55)25-32(61)26-56)44(24-35)73-19-18-72-17-16-71-15-14-58-47(64)27-59-50(66)31-2-7-38(52(68)69)42(21-31)49-39-8-4-33(62)22-45(39)74-46-23-34(63)5-9-40(46)49/h2-13,20-24,32,62H,14-19,25,27-29H2,1H3,(H,58,64)(H,59,66)(H,60,67)(H,68,69)/t32-/m0/s1. The van der Waals surface area contributed by atoms with Crippen molar-refractivity contribution in [3.63, 3.8) is 0 Å². The molecular formula is C53H46F2N6O13. The van der Waals surface area contributed by atoms with Crippen LogP contribution >= 0.6 is 0 Å². The van der Waals surface area contributed by atoms with E-state index in [1.807, 2.05) is 0 Å². The summed E-state index contributed by atoms with van der Waals surface area (Å²) >= 11 is 0. The molecule has 1 fully saturated rings. The van der Waals surface area contributed by atoms with E-state index in [-0.39, 0.29) is 84.4 Å². The molecule has 1 aromatic heterocycles. The summed E-state index contributed by atoms with van der Waals surface area (Å²) in [7, 11) is 1.51. The maximum Gasteiger partial charge on any atom is 0.336 e. The second-order valence-electron chi connectivity index (χ2n) is 16.8. The highest BCUT2D eigenvalue weighted by Gasteiger charge is 2.47. The summed E-state index contributed by atoms with van der Waals surface area (Å²) in [5, 5.41) is 38.0. The third-order valence-corrected chi connectivity index (χ3v) is 11.9. The summed E-state index contributed by atoms with van der Waals surface area (Å²) in [5.74, 6) is -6.08. The van der Waals surface area contributed by atoms with Gasteiger partial charge in [0, 0.05) is 70.4 Å². The topological polar surface area (TPSA) is 269 Å². The molecule has 5 aromatic rings. The number of carboxylic acids is 1. The number of nitrogens with one attached hydrogen (secondary N) is 3. The Labute approximate surface area is 419 Å². The summed E-state index contributed by atoms with van der Waals surface area (Å²) in [5.41, 5.74) is 2.62. The van der Waals surface area contributed by atoms with Gasteiger partial charge in [-0.15, -0.1) is 0 Å². The minimum absolute atomic E-state index is 0.0579. The number of carbonyl (C=O) groups is 5. The van der Waals surface area contributed by atoms with E-state index in [0.29, 0.717) is 50.0 Å².